The van der Waals surface area contributed by atoms with Gasteiger partial charge in [-0.3, -0.25) is 14.8 Å². The van der Waals surface area contributed by atoms with Crippen LogP contribution in [0.3, 0.4) is 0 Å². The molecule has 0 saturated carbocycles. The van der Waals surface area contributed by atoms with Gasteiger partial charge in [0.25, 0.3) is 0 Å². The van der Waals surface area contributed by atoms with Crippen molar-refractivity contribution in [1.29, 1.82) is 0 Å². The van der Waals surface area contributed by atoms with Gasteiger partial charge in [0, 0.05) is 31.1 Å². The molecule has 0 N–H and O–H groups in total. The fourth-order valence-corrected chi connectivity index (χ4v) is 3.93. The standard InChI is InChI=1S/C24H25N3O2/c1-29-21-9-2-6-18(15-21)14-20-8-3-10-22(26-20)23-11-5-13-27(23)24(28)16-19-7-4-12-25-17-19/h2-4,6-10,12,15,17,23H,5,11,13-14,16H2,1H3/t23-/m1/s1. The van der Waals surface area contributed by atoms with Crippen LogP contribution in [-0.4, -0.2) is 34.4 Å². The maximum Gasteiger partial charge on any atom is 0.227 e. The second-order valence-electron chi connectivity index (χ2n) is 7.37. The van der Waals surface area contributed by atoms with Crippen LogP contribution in [0.2, 0.25) is 0 Å². The van der Waals surface area contributed by atoms with Crippen LogP contribution in [0.15, 0.2) is 67.0 Å². The predicted molar refractivity (Wildman–Crippen MR) is 112 cm³/mol. The largest absolute Gasteiger partial charge is 0.497 e. The van der Waals surface area contributed by atoms with Gasteiger partial charge >= 0.3 is 0 Å². The minimum Gasteiger partial charge on any atom is -0.497 e. The number of carbonyl (C=O) groups is 1. The Kier molecular flexibility index (Phi) is 5.84. The minimum absolute atomic E-state index is 0.0458. The summed E-state index contributed by atoms with van der Waals surface area (Å²) in [5.74, 6) is 0.988. The Balaban J connectivity index is 1.49. The van der Waals surface area contributed by atoms with E-state index in [0.717, 1.165) is 54.1 Å². The molecule has 0 spiro atoms. The van der Waals surface area contributed by atoms with Gasteiger partial charge in [-0.1, -0.05) is 24.3 Å². The summed E-state index contributed by atoms with van der Waals surface area (Å²) in [6.45, 7) is 0.783. The summed E-state index contributed by atoms with van der Waals surface area (Å²) in [4.78, 5) is 23.9. The average Bonchev–Trinajstić information content (AvgIpc) is 3.25. The van der Waals surface area contributed by atoms with Crippen molar-refractivity contribution in [3.8, 4) is 5.75 Å². The molecule has 29 heavy (non-hydrogen) atoms. The quantitative estimate of drug-likeness (QED) is 0.642. The normalized spacial score (nSPS) is 16.0. The van der Waals surface area contributed by atoms with E-state index >= 15 is 0 Å². The molecule has 5 heteroatoms. The number of ether oxygens (including phenoxy) is 1. The van der Waals surface area contributed by atoms with E-state index in [-0.39, 0.29) is 11.9 Å². The number of likely N-dealkylation sites (tertiary alicyclic amines) is 1. The van der Waals surface area contributed by atoms with E-state index < -0.39 is 0 Å². The van der Waals surface area contributed by atoms with E-state index in [0.29, 0.717) is 6.42 Å². The number of rotatable bonds is 6. The molecule has 1 aliphatic heterocycles. The minimum atomic E-state index is 0.0458. The van der Waals surface area contributed by atoms with Gasteiger partial charge in [0.15, 0.2) is 0 Å². The third-order valence-electron chi connectivity index (χ3n) is 5.34. The van der Waals surface area contributed by atoms with Crippen molar-refractivity contribution in [3.63, 3.8) is 0 Å². The van der Waals surface area contributed by atoms with Crippen molar-refractivity contribution in [2.75, 3.05) is 13.7 Å². The summed E-state index contributed by atoms with van der Waals surface area (Å²) in [6.07, 6.45) is 6.56. The second kappa shape index (κ2) is 8.86. The van der Waals surface area contributed by atoms with Gasteiger partial charge < -0.3 is 9.64 Å². The Morgan fingerprint density at radius 2 is 2.00 bits per heavy atom. The summed E-state index contributed by atoms with van der Waals surface area (Å²) in [7, 11) is 1.68. The summed E-state index contributed by atoms with van der Waals surface area (Å²) in [5, 5.41) is 0. The number of aromatic nitrogens is 2. The number of hydrogen-bond acceptors (Lipinski definition) is 4. The molecule has 0 unspecified atom stereocenters. The van der Waals surface area contributed by atoms with E-state index in [1.165, 1.54) is 0 Å². The number of pyridine rings is 2. The molecule has 148 valence electrons. The van der Waals surface area contributed by atoms with Crippen molar-refractivity contribution in [2.45, 2.75) is 31.7 Å². The monoisotopic (exact) mass is 387 g/mol. The predicted octanol–water partition coefficient (Wildman–Crippen LogP) is 3.98. The maximum atomic E-state index is 12.9. The first-order valence-electron chi connectivity index (χ1n) is 10.00. The zero-order valence-corrected chi connectivity index (χ0v) is 16.6. The van der Waals surface area contributed by atoms with Crippen LogP contribution in [0.5, 0.6) is 5.75 Å². The lowest BCUT2D eigenvalue weighted by molar-refractivity contribution is -0.131. The molecule has 4 rings (SSSR count). The van der Waals surface area contributed by atoms with E-state index in [1.54, 1.807) is 19.5 Å². The van der Waals surface area contributed by atoms with Crippen LogP contribution in [0, 0.1) is 0 Å². The fourth-order valence-electron chi connectivity index (χ4n) is 3.93. The lowest BCUT2D eigenvalue weighted by atomic mass is 10.1. The molecule has 1 aromatic carbocycles. The third-order valence-corrected chi connectivity index (χ3v) is 5.34. The van der Waals surface area contributed by atoms with Gasteiger partial charge in [-0.05, 0) is 54.3 Å². The number of carbonyl (C=O) groups excluding carboxylic acids is 1. The molecule has 1 fully saturated rings. The molecule has 1 aliphatic rings. The molecule has 1 saturated heterocycles. The average molecular weight is 387 g/mol. The van der Waals surface area contributed by atoms with Crippen LogP contribution in [0.1, 0.15) is 41.4 Å². The first kappa shape index (κ1) is 19.1. The van der Waals surface area contributed by atoms with Gasteiger partial charge in [-0.25, -0.2) is 0 Å². The number of benzene rings is 1. The SMILES string of the molecule is COc1cccc(Cc2cccc([C@H]3CCCN3C(=O)Cc3cccnc3)n2)c1. The molecule has 1 atom stereocenters. The molecular weight excluding hydrogens is 362 g/mol. The van der Waals surface area contributed by atoms with E-state index in [9.17, 15) is 4.79 Å². The Hall–Kier alpha value is -3.21. The number of methoxy groups -OCH3 is 1. The Morgan fingerprint density at radius 1 is 1.14 bits per heavy atom. The maximum absolute atomic E-state index is 12.9. The van der Waals surface area contributed by atoms with Gasteiger partial charge in [-0.15, -0.1) is 0 Å². The highest BCUT2D eigenvalue weighted by molar-refractivity contribution is 5.79. The fraction of sp³-hybridized carbons (Fsp3) is 0.292. The van der Waals surface area contributed by atoms with Gasteiger partial charge in [0.05, 0.1) is 25.3 Å². The van der Waals surface area contributed by atoms with Crippen LogP contribution < -0.4 is 4.74 Å². The highest BCUT2D eigenvalue weighted by Gasteiger charge is 2.30. The molecule has 0 aliphatic carbocycles. The molecule has 3 aromatic rings. The van der Waals surface area contributed by atoms with Crippen molar-refractivity contribution in [3.05, 3.63) is 89.5 Å². The molecule has 3 heterocycles. The molecule has 0 bridgehead atoms. The Labute approximate surface area is 171 Å². The van der Waals surface area contributed by atoms with Crippen LogP contribution in [0.4, 0.5) is 0 Å². The van der Waals surface area contributed by atoms with Crippen molar-refractivity contribution in [2.24, 2.45) is 0 Å². The van der Waals surface area contributed by atoms with Crippen LogP contribution in [-0.2, 0) is 17.6 Å². The van der Waals surface area contributed by atoms with Crippen molar-refractivity contribution in [1.82, 2.24) is 14.9 Å². The van der Waals surface area contributed by atoms with Crippen molar-refractivity contribution >= 4 is 5.91 Å². The molecular formula is C24H25N3O2. The van der Waals surface area contributed by atoms with Gasteiger partial charge in [-0.2, -0.15) is 0 Å². The molecule has 1 amide bonds. The lowest BCUT2D eigenvalue weighted by Crippen LogP contribution is -2.32. The van der Waals surface area contributed by atoms with E-state index in [4.69, 9.17) is 9.72 Å². The summed E-state index contributed by atoms with van der Waals surface area (Å²) in [6, 6.07) is 18.0. The topological polar surface area (TPSA) is 55.3 Å². The highest BCUT2D eigenvalue weighted by Crippen LogP contribution is 2.31. The van der Waals surface area contributed by atoms with E-state index in [1.807, 2.05) is 53.4 Å². The highest BCUT2D eigenvalue weighted by atomic mass is 16.5. The summed E-state index contributed by atoms with van der Waals surface area (Å²) >= 11 is 0. The number of amides is 1. The summed E-state index contributed by atoms with van der Waals surface area (Å²) < 4.78 is 5.32. The van der Waals surface area contributed by atoms with Gasteiger partial charge in [0.2, 0.25) is 5.91 Å². The van der Waals surface area contributed by atoms with Crippen LogP contribution in [0.25, 0.3) is 0 Å². The third kappa shape index (κ3) is 4.62. The first-order valence-corrected chi connectivity index (χ1v) is 10.00. The zero-order chi connectivity index (χ0) is 20.1. The first-order chi connectivity index (χ1) is 14.2. The molecule has 2 aromatic heterocycles. The molecule has 5 nitrogen and oxygen atoms in total. The van der Waals surface area contributed by atoms with E-state index in [2.05, 4.69) is 11.1 Å². The zero-order valence-electron chi connectivity index (χ0n) is 16.6. The second-order valence-corrected chi connectivity index (χ2v) is 7.37. The molecule has 0 radical (unpaired) electrons. The smallest absolute Gasteiger partial charge is 0.227 e. The number of nitrogens with zero attached hydrogens (tertiary/aromatic N) is 3. The Morgan fingerprint density at radius 3 is 2.83 bits per heavy atom. The van der Waals surface area contributed by atoms with Gasteiger partial charge in [0.1, 0.15) is 5.75 Å². The van der Waals surface area contributed by atoms with Crippen LogP contribution >= 0.6 is 0 Å². The number of hydrogen-bond donors (Lipinski definition) is 0. The van der Waals surface area contributed by atoms with Crippen molar-refractivity contribution < 1.29 is 9.53 Å². The lowest BCUT2D eigenvalue weighted by Gasteiger charge is -2.25. The summed E-state index contributed by atoms with van der Waals surface area (Å²) in [5.41, 5.74) is 4.08. The Bertz CT molecular complexity index is 975.